The van der Waals surface area contributed by atoms with E-state index in [2.05, 4.69) is 73.5 Å². The maximum absolute atomic E-state index is 13.6. The number of hydrogen-bond acceptors (Lipinski definition) is 10. The highest BCUT2D eigenvalue weighted by molar-refractivity contribution is 9.10. The van der Waals surface area contributed by atoms with E-state index >= 15 is 0 Å². The molecule has 2 aliphatic rings. The number of ether oxygens (including phenoxy) is 3. The van der Waals surface area contributed by atoms with Gasteiger partial charge in [0.05, 0.1) is 27.9 Å². The molecule has 0 spiro atoms. The minimum Gasteiger partial charge on any atom is -0.493 e. The second-order valence-electron chi connectivity index (χ2n) is 11.3. The topological polar surface area (TPSA) is 92.3 Å². The van der Waals surface area contributed by atoms with Gasteiger partial charge in [-0.1, -0.05) is 28.1 Å². The van der Waals surface area contributed by atoms with Crippen molar-refractivity contribution in [1.82, 2.24) is 24.1 Å². The summed E-state index contributed by atoms with van der Waals surface area (Å²) in [4.78, 5) is 25.2. The molecule has 0 bridgehead atoms. The summed E-state index contributed by atoms with van der Waals surface area (Å²) in [5, 5.41) is 4.41. The average molecular weight is 674 g/mol. The monoisotopic (exact) mass is 672 g/mol. The third kappa shape index (κ3) is 7.42. The van der Waals surface area contributed by atoms with Crippen molar-refractivity contribution in [3.63, 3.8) is 0 Å². The number of methoxy groups -OCH3 is 3. The number of piperazine rings is 1. The van der Waals surface area contributed by atoms with E-state index in [-0.39, 0.29) is 18.0 Å². The van der Waals surface area contributed by atoms with Crippen LogP contribution in [-0.4, -0.2) is 95.6 Å². The van der Waals surface area contributed by atoms with Crippen LogP contribution < -0.4 is 19.5 Å². The van der Waals surface area contributed by atoms with Crippen LogP contribution >= 0.6 is 27.5 Å². The zero-order valence-corrected chi connectivity index (χ0v) is 27.9. The largest absolute Gasteiger partial charge is 0.493 e. The van der Waals surface area contributed by atoms with E-state index in [9.17, 15) is 4.79 Å². The number of rotatable bonds is 11. The molecule has 43 heavy (non-hydrogen) atoms. The molecule has 0 radical (unpaired) electrons. The van der Waals surface area contributed by atoms with Crippen LogP contribution in [0.2, 0.25) is 0 Å². The maximum atomic E-state index is 13.6. The molecular formula is C31H41BrN6O4S. The van der Waals surface area contributed by atoms with Gasteiger partial charge in [-0.25, -0.2) is 4.98 Å². The van der Waals surface area contributed by atoms with Crippen LogP contribution in [-0.2, 0) is 13.1 Å². The van der Waals surface area contributed by atoms with Crippen molar-refractivity contribution in [3.05, 3.63) is 57.8 Å². The summed E-state index contributed by atoms with van der Waals surface area (Å²) < 4.78 is 22.1. The molecule has 2 aromatic carbocycles. The number of nitrogens with zero attached hydrogens (tertiary/aromatic N) is 5. The van der Waals surface area contributed by atoms with E-state index in [0.29, 0.717) is 41.9 Å². The Bertz CT molecular complexity index is 1360. The summed E-state index contributed by atoms with van der Waals surface area (Å²) in [6.07, 6.45) is 2.40. The summed E-state index contributed by atoms with van der Waals surface area (Å²) in [6, 6.07) is 12.7. The minimum absolute atomic E-state index is 0.0121. The number of aromatic nitrogens is 2. The zero-order chi connectivity index (χ0) is 30.5. The Balaban J connectivity index is 1.15. The van der Waals surface area contributed by atoms with Gasteiger partial charge in [-0.2, -0.15) is 4.37 Å². The fourth-order valence-corrected chi connectivity index (χ4v) is 6.86. The number of nitrogens with one attached hydrogen (secondary N) is 1. The number of carbonyl (C=O) groups excluding carboxylic acids is 1. The van der Waals surface area contributed by atoms with E-state index in [4.69, 9.17) is 19.2 Å². The van der Waals surface area contributed by atoms with Gasteiger partial charge in [-0.15, -0.1) is 0 Å². The fourth-order valence-electron chi connectivity index (χ4n) is 6.01. The van der Waals surface area contributed by atoms with Crippen molar-refractivity contribution >= 4 is 38.5 Å². The molecule has 1 N–H and O–H groups in total. The Hall–Kier alpha value is -2.93. The Morgan fingerprint density at radius 1 is 1.00 bits per heavy atom. The van der Waals surface area contributed by atoms with Gasteiger partial charge in [0.2, 0.25) is 10.9 Å². The third-order valence-corrected chi connectivity index (χ3v) is 9.63. The Labute approximate surface area is 266 Å². The van der Waals surface area contributed by atoms with Gasteiger partial charge in [0.1, 0.15) is 0 Å². The molecule has 3 heterocycles. The van der Waals surface area contributed by atoms with Crippen LogP contribution in [0, 0.1) is 0 Å². The molecule has 5 rings (SSSR count). The molecule has 232 valence electrons. The standard InChI is InChI=1S/C31H41BrN6O4S/c1-20-17-38(30(39)23-13-26(40-3)29(42-5)27(14-23)41-4)21(2)16-37(20)19-28-34-31(43-35-28)33-15-25-7-6-12-36(25)18-22-8-10-24(32)11-9-22/h8-11,13-14,20-21,25H,6-7,12,15-19H2,1-5H3,(H,33,34,35)/t20-,21-,25-/m0/s1. The summed E-state index contributed by atoms with van der Waals surface area (Å²) in [7, 11) is 4.66. The van der Waals surface area contributed by atoms with Gasteiger partial charge in [0, 0.05) is 65.9 Å². The first-order valence-electron chi connectivity index (χ1n) is 14.7. The molecule has 2 fully saturated rings. The van der Waals surface area contributed by atoms with Crippen LogP contribution in [0.3, 0.4) is 0 Å². The molecule has 0 saturated carbocycles. The summed E-state index contributed by atoms with van der Waals surface area (Å²) >= 11 is 4.95. The first-order valence-corrected chi connectivity index (χ1v) is 16.3. The molecule has 3 aromatic rings. The Kier molecular flexibility index (Phi) is 10.4. The Morgan fingerprint density at radius 3 is 2.40 bits per heavy atom. The number of carbonyl (C=O) groups is 1. The van der Waals surface area contributed by atoms with E-state index in [1.54, 1.807) is 33.5 Å². The molecule has 0 aliphatic carbocycles. The lowest BCUT2D eigenvalue weighted by Crippen LogP contribution is -2.57. The molecule has 10 nitrogen and oxygen atoms in total. The smallest absolute Gasteiger partial charge is 0.254 e. The zero-order valence-electron chi connectivity index (χ0n) is 25.5. The van der Waals surface area contributed by atoms with Crippen LogP contribution in [0.25, 0.3) is 0 Å². The van der Waals surface area contributed by atoms with E-state index in [1.165, 1.54) is 29.9 Å². The lowest BCUT2D eigenvalue weighted by atomic mass is 10.1. The molecule has 0 unspecified atom stereocenters. The normalized spacial score (nSPS) is 21.2. The van der Waals surface area contributed by atoms with Crippen LogP contribution in [0.4, 0.5) is 5.13 Å². The van der Waals surface area contributed by atoms with Gasteiger partial charge in [-0.3, -0.25) is 14.6 Å². The van der Waals surface area contributed by atoms with Crippen molar-refractivity contribution in [1.29, 1.82) is 0 Å². The first-order chi connectivity index (χ1) is 20.8. The SMILES string of the molecule is COc1cc(C(=O)N2C[C@H](C)N(Cc3nsc(NC[C@@H]4CCCN4Cc4ccc(Br)cc4)n3)C[C@@H]2C)cc(OC)c1OC. The molecule has 12 heteroatoms. The number of benzene rings is 2. The fraction of sp³-hybridized carbons (Fsp3) is 0.516. The number of halogens is 1. The second kappa shape index (κ2) is 14.2. The minimum atomic E-state index is -0.0578. The molecule has 1 amide bonds. The van der Waals surface area contributed by atoms with Gasteiger partial charge in [0.15, 0.2) is 17.3 Å². The van der Waals surface area contributed by atoms with Gasteiger partial charge in [0.25, 0.3) is 5.91 Å². The number of anilines is 1. The third-order valence-electron chi connectivity index (χ3n) is 8.39. The van der Waals surface area contributed by atoms with Crippen molar-refractivity contribution in [2.24, 2.45) is 0 Å². The van der Waals surface area contributed by atoms with Crippen molar-refractivity contribution in [2.45, 2.75) is 57.9 Å². The van der Waals surface area contributed by atoms with E-state index in [0.717, 1.165) is 41.6 Å². The second-order valence-corrected chi connectivity index (χ2v) is 13.0. The first kappa shape index (κ1) is 31.5. The van der Waals surface area contributed by atoms with E-state index < -0.39 is 0 Å². The molecule has 2 saturated heterocycles. The van der Waals surface area contributed by atoms with E-state index in [1.807, 2.05) is 4.90 Å². The lowest BCUT2D eigenvalue weighted by molar-refractivity contribution is 0.0283. The highest BCUT2D eigenvalue weighted by Gasteiger charge is 2.34. The lowest BCUT2D eigenvalue weighted by Gasteiger charge is -2.43. The van der Waals surface area contributed by atoms with Crippen LogP contribution in [0.15, 0.2) is 40.9 Å². The van der Waals surface area contributed by atoms with Gasteiger partial charge >= 0.3 is 0 Å². The highest BCUT2D eigenvalue weighted by Crippen LogP contribution is 2.39. The Morgan fingerprint density at radius 2 is 1.72 bits per heavy atom. The molecular weight excluding hydrogens is 632 g/mol. The van der Waals surface area contributed by atoms with Crippen molar-refractivity contribution in [2.75, 3.05) is 52.8 Å². The molecule has 3 atom stereocenters. The van der Waals surface area contributed by atoms with Crippen molar-refractivity contribution < 1.29 is 19.0 Å². The van der Waals surface area contributed by atoms with Gasteiger partial charge in [-0.05, 0) is 63.1 Å². The summed E-state index contributed by atoms with van der Waals surface area (Å²) in [6.45, 7) is 9.15. The predicted octanol–water partition coefficient (Wildman–Crippen LogP) is 5.14. The molecule has 2 aliphatic heterocycles. The number of hydrogen-bond donors (Lipinski definition) is 1. The average Bonchev–Trinajstić information content (AvgIpc) is 3.66. The van der Waals surface area contributed by atoms with Crippen molar-refractivity contribution in [3.8, 4) is 17.2 Å². The summed E-state index contributed by atoms with van der Waals surface area (Å²) in [5.41, 5.74) is 1.85. The molecule has 1 aromatic heterocycles. The number of amides is 1. The van der Waals surface area contributed by atoms with Gasteiger partial charge < -0.3 is 24.4 Å². The van der Waals surface area contributed by atoms with Crippen LogP contribution in [0.1, 0.15) is 48.4 Å². The number of likely N-dealkylation sites (tertiary alicyclic amines) is 1. The predicted molar refractivity (Wildman–Crippen MR) is 172 cm³/mol. The highest BCUT2D eigenvalue weighted by atomic mass is 79.9. The quantitative estimate of drug-likeness (QED) is 0.297. The van der Waals surface area contributed by atoms with Crippen LogP contribution in [0.5, 0.6) is 17.2 Å². The maximum Gasteiger partial charge on any atom is 0.254 e. The summed E-state index contributed by atoms with van der Waals surface area (Å²) in [5.74, 6) is 2.16.